The first kappa shape index (κ1) is 21.4. The lowest BCUT2D eigenvalue weighted by Gasteiger charge is -2.17. The molecule has 0 saturated carbocycles. The number of hydrogen-bond donors (Lipinski definition) is 1. The average Bonchev–Trinajstić information content (AvgIpc) is 3.43. The zero-order valence-corrected chi connectivity index (χ0v) is 16.8. The van der Waals surface area contributed by atoms with Crippen LogP contribution in [0.15, 0.2) is 61.2 Å². The van der Waals surface area contributed by atoms with Crippen molar-refractivity contribution in [3.63, 3.8) is 0 Å². The van der Waals surface area contributed by atoms with Gasteiger partial charge >= 0.3 is 0 Å². The van der Waals surface area contributed by atoms with Crippen molar-refractivity contribution in [1.29, 1.82) is 0 Å². The van der Waals surface area contributed by atoms with Gasteiger partial charge in [0.05, 0.1) is 4.92 Å². The van der Waals surface area contributed by atoms with Crippen molar-refractivity contribution in [2.75, 3.05) is 19.6 Å². The average molecular weight is 429 g/mol. The molecule has 0 aliphatic carbocycles. The van der Waals surface area contributed by atoms with Crippen LogP contribution in [0.25, 0.3) is 5.69 Å². The van der Waals surface area contributed by atoms with E-state index in [2.05, 4.69) is 10.1 Å². The van der Waals surface area contributed by atoms with Gasteiger partial charge in [-0.1, -0.05) is 30.3 Å². The second kappa shape index (κ2) is 9.02. The number of benzene rings is 2. The Morgan fingerprint density at radius 1 is 1.20 bits per heavy atom. The molecule has 2 heterocycles. The fourth-order valence-electron chi connectivity index (χ4n) is 3.87. The number of nitro benzene ring substituents is 1. The first-order valence-corrected chi connectivity index (χ1v) is 9.26. The van der Waals surface area contributed by atoms with E-state index >= 15 is 0 Å². The van der Waals surface area contributed by atoms with Gasteiger partial charge in [0.1, 0.15) is 18.3 Å². The molecule has 1 fully saturated rings. The maximum atomic E-state index is 13.1. The van der Waals surface area contributed by atoms with Crippen LogP contribution in [-0.2, 0) is 0 Å². The van der Waals surface area contributed by atoms with Crippen LogP contribution in [0.2, 0.25) is 0 Å². The summed E-state index contributed by atoms with van der Waals surface area (Å²) in [5, 5.41) is 15.5. The third kappa shape index (κ3) is 4.03. The Morgan fingerprint density at radius 3 is 2.60 bits per heavy atom. The smallest absolute Gasteiger partial charge is 0.295 e. The number of aromatic nitrogens is 3. The summed E-state index contributed by atoms with van der Waals surface area (Å²) in [7, 11) is 0. The van der Waals surface area contributed by atoms with Gasteiger partial charge in [-0.3, -0.25) is 14.9 Å². The van der Waals surface area contributed by atoms with Gasteiger partial charge in [0.25, 0.3) is 11.6 Å². The molecule has 4 rings (SSSR count). The van der Waals surface area contributed by atoms with E-state index < -0.39 is 4.92 Å². The van der Waals surface area contributed by atoms with Gasteiger partial charge in [-0.2, -0.15) is 5.10 Å². The van der Waals surface area contributed by atoms with Gasteiger partial charge in [-0.25, -0.2) is 9.67 Å². The number of likely N-dealkylation sites (tertiary alicyclic amines) is 1. The predicted octanol–water partition coefficient (Wildman–Crippen LogP) is 2.41. The zero-order valence-electron chi connectivity index (χ0n) is 16.0. The van der Waals surface area contributed by atoms with Crippen molar-refractivity contribution in [2.45, 2.75) is 5.92 Å². The predicted molar refractivity (Wildman–Crippen MR) is 113 cm³/mol. The summed E-state index contributed by atoms with van der Waals surface area (Å²) >= 11 is 0. The highest BCUT2D eigenvalue weighted by atomic mass is 35.5. The van der Waals surface area contributed by atoms with Gasteiger partial charge in [0, 0.05) is 30.6 Å². The topological polar surface area (TPSA) is 120 Å². The molecule has 10 heteroatoms. The van der Waals surface area contributed by atoms with Crippen molar-refractivity contribution in [2.24, 2.45) is 11.7 Å². The van der Waals surface area contributed by atoms with Crippen molar-refractivity contribution >= 4 is 24.0 Å². The van der Waals surface area contributed by atoms with E-state index in [1.165, 1.54) is 29.5 Å². The van der Waals surface area contributed by atoms with Crippen LogP contribution in [0.5, 0.6) is 0 Å². The minimum absolute atomic E-state index is 0. The molecule has 9 nitrogen and oxygen atoms in total. The van der Waals surface area contributed by atoms with Crippen LogP contribution in [-0.4, -0.2) is 50.1 Å². The van der Waals surface area contributed by atoms with Gasteiger partial charge in [-0.05, 0) is 30.2 Å². The standard InChI is InChI=1S/C20H20N6O3.ClH/c21-9-16-10-24(11-17(16)14-4-2-1-3-5-14)20(27)15-6-7-18(19(8-15)26(28)29)25-13-22-12-23-25;/h1-8,12-13,16-17H,9-11,21H2;1H/t16-,17+;/m1./s1. The second-order valence-electron chi connectivity index (χ2n) is 7.02. The SMILES string of the molecule is Cl.NC[C@@H]1CN(C(=O)c2ccc(-n3cncn3)c([N+](=O)[O-])c2)C[C@H]1c1ccccc1. The number of carbonyl (C=O) groups is 1. The van der Waals surface area contributed by atoms with Gasteiger partial charge in [0.2, 0.25) is 0 Å². The van der Waals surface area contributed by atoms with E-state index in [9.17, 15) is 14.9 Å². The molecule has 1 amide bonds. The lowest BCUT2D eigenvalue weighted by Crippen LogP contribution is -2.30. The van der Waals surface area contributed by atoms with Crippen LogP contribution in [0.1, 0.15) is 21.8 Å². The molecule has 156 valence electrons. The molecule has 1 aliphatic rings. The molecule has 0 unspecified atom stereocenters. The second-order valence-corrected chi connectivity index (χ2v) is 7.02. The molecule has 1 aliphatic heterocycles. The normalized spacial score (nSPS) is 18.1. The number of amides is 1. The van der Waals surface area contributed by atoms with Crippen molar-refractivity contribution in [3.8, 4) is 5.69 Å². The summed E-state index contributed by atoms with van der Waals surface area (Å²) in [5.74, 6) is 0.0513. The third-order valence-electron chi connectivity index (χ3n) is 5.34. The molecule has 0 radical (unpaired) electrons. The fraction of sp³-hybridized carbons (Fsp3) is 0.250. The van der Waals surface area contributed by atoms with E-state index in [1.807, 2.05) is 30.3 Å². The molecule has 1 saturated heterocycles. The molecule has 0 spiro atoms. The van der Waals surface area contributed by atoms with E-state index in [1.54, 1.807) is 11.0 Å². The monoisotopic (exact) mass is 428 g/mol. The largest absolute Gasteiger partial charge is 0.338 e. The summed E-state index contributed by atoms with van der Waals surface area (Å²) in [5.41, 5.74) is 7.43. The van der Waals surface area contributed by atoms with Crippen LogP contribution >= 0.6 is 12.4 Å². The number of halogens is 1. The maximum Gasteiger partial charge on any atom is 0.295 e. The molecule has 3 aromatic rings. The molecule has 30 heavy (non-hydrogen) atoms. The van der Waals surface area contributed by atoms with Gasteiger partial charge < -0.3 is 10.6 Å². The highest BCUT2D eigenvalue weighted by molar-refractivity contribution is 5.95. The Balaban J connectivity index is 0.00000256. The quantitative estimate of drug-likeness (QED) is 0.492. The van der Waals surface area contributed by atoms with Crippen LogP contribution < -0.4 is 5.73 Å². The molecule has 1 aromatic heterocycles. The first-order chi connectivity index (χ1) is 14.1. The Hall–Kier alpha value is -3.30. The van der Waals surface area contributed by atoms with E-state index in [0.29, 0.717) is 19.6 Å². The Morgan fingerprint density at radius 2 is 1.97 bits per heavy atom. The summed E-state index contributed by atoms with van der Waals surface area (Å²) < 4.78 is 1.30. The molecule has 2 atom stereocenters. The van der Waals surface area contributed by atoms with Crippen molar-refractivity contribution in [3.05, 3.63) is 82.4 Å². The molecule has 2 aromatic carbocycles. The van der Waals surface area contributed by atoms with Gasteiger partial charge in [0.15, 0.2) is 0 Å². The minimum Gasteiger partial charge on any atom is -0.338 e. The van der Waals surface area contributed by atoms with Crippen molar-refractivity contribution in [1.82, 2.24) is 19.7 Å². The first-order valence-electron chi connectivity index (χ1n) is 9.26. The summed E-state index contributed by atoms with van der Waals surface area (Å²) in [6, 6.07) is 14.4. The van der Waals surface area contributed by atoms with Crippen LogP contribution in [0, 0.1) is 16.0 Å². The van der Waals surface area contributed by atoms with Gasteiger partial charge in [-0.15, -0.1) is 12.4 Å². The highest BCUT2D eigenvalue weighted by Crippen LogP contribution is 2.33. The van der Waals surface area contributed by atoms with E-state index in [0.717, 1.165) is 5.56 Å². The molecule has 2 N–H and O–H groups in total. The highest BCUT2D eigenvalue weighted by Gasteiger charge is 2.36. The Labute approximate surface area is 179 Å². The van der Waals surface area contributed by atoms with Crippen LogP contribution in [0.3, 0.4) is 0 Å². The van der Waals surface area contributed by atoms with E-state index in [4.69, 9.17) is 5.73 Å². The number of nitrogens with zero attached hydrogens (tertiary/aromatic N) is 5. The van der Waals surface area contributed by atoms with Crippen LogP contribution in [0.4, 0.5) is 5.69 Å². The lowest BCUT2D eigenvalue weighted by molar-refractivity contribution is -0.384. The molecule has 0 bridgehead atoms. The Bertz CT molecular complexity index is 1030. The number of rotatable bonds is 5. The summed E-state index contributed by atoms with van der Waals surface area (Å²) in [4.78, 5) is 29.7. The molecular formula is C20H21ClN6O3. The zero-order chi connectivity index (χ0) is 20.4. The lowest BCUT2D eigenvalue weighted by atomic mass is 9.89. The minimum atomic E-state index is -0.521. The summed E-state index contributed by atoms with van der Waals surface area (Å²) in [6.07, 6.45) is 2.67. The number of carbonyl (C=O) groups excluding carboxylic acids is 1. The van der Waals surface area contributed by atoms with Crippen molar-refractivity contribution < 1.29 is 9.72 Å². The number of hydrogen-bond acceptors (Lipinski definition) is 6. The number of nitrogens with two attached hydrogens (primary N) is 1. The number of nitro groups is 1. The maximum absolute atomic E-state index is 13.1. The Kier molecular flexibility index (Phi) is 6.43. The fourth-order valence-corrected chi connectivity index (χ4v) is 3.87. The summed E-state index contributed by atoms with van der Waals surface area (Å²) in [6.45, 7) is 1.52. The van der Waals surface area contributed by atoms with E-state index in [-0.39, 0.29) is 47.1 Å². The third-order valence-corrected chi connectivity index (χ3v) is 5.34. The molecular weight excluding hydrogens is 408 g/mol.